The van der Waals surface area contributed by atoms with E-state index >= 15 is 0 Å². The SMILES string of the molecule is Cc1cscc1C(O)c1ccco1. The summed E-state index contributed by atoms with van der Waals surface area (Å²) in [5.74, 6) is 0.599. The second-order valence-electron chi connectivity index (χ2n) is 2.93. The molecule has 2 rings (SSSR count). The molecule has 0 aliphatic rings. The van der Waals surface area contributed by atoms with Crippen LogP contribution >= 0.6 is 11.3 Å². The van der Waals surface area contributed by atoms with Crippen LogP contribution in [0.4, 0.5) is 0 Å². The monoisotopic (exact) mass is 194 g/mol. The lowest BCUT2D eigenvalue weighted by atomic mass is 10.1. The van der Waals surface area contributed by atoms with Gasteiger partial charge < -0.3 is 9.52 Å². The standard InChI is InChI=1S/C10H10O2S/c1-7-5-13-6-8(7)10(11)9-3-2-4-12-9/h2-6,10-11H,1H3. The van der Waals surface area contributed by atoms with Crippen LogP contribution in [0.3, 0.4) is 0 Å². The van der Waals surface area contributed by atoms with Crippen LogP contribution in [0.15, 0.2) is 33.6 Å². The Morgan fingerprint density at radius 2 is 2.31 bits per heavy atom. The maximum Gasteiger partial charge on any atom is 0.138 e. The fourth-order valence-electron chi connectivity index (χ4n) is 1.25. The van der Waals surface area contributed by atoms with Crippen molar-refractivity contribution in [2.45, 2.75) is 13.0 Å². The smallest absolute Gasteiger partial charge is 0.138 e. The van der Waals surface area contributed by atoms with Crippen molar-refractivity contribution in [1.29, 1.82) is 0 Å². The summed E-state index contributed by atoms with van der Waals surface area (Å²) in [5.41, 5.74) is 2.04. The summed E-state index contributed by atoms with van der Waals surface area (Å²) < 4.78 is 5.13. The van der Waals surface area contributed by atoms with E-state index in [1.54, 1.807) is 29.7 Å². The molecule has 2 nitrogen and oxygen atoms in total. The van der Waals surface area contributed by atoms with E-state index < -0.39 is 6.10 Å². The van der Waals surface area contributed by atoms with E-state index in [1.165, 1.54) is 0 Å². The lowest BCUT2D eigenvalue weighted by Crippen LogP contribution is -1.97. The zero-order chi connectivity index (χ0) is 9.26. The Morgan fingerprint density at radius 3 is 2.85 bits per heavy atom. The normalized spacial score (nSPS) is 13.1. The van der Waals surface area contributed by atoms with Gasteiger partial charge in [0.25, 0.3) is 0 Å². The molecule has 0 spiro atoms. The van der Waals surface area contributed by atoms with Crippen LogP contribution in [0.1, 0.15) is 23.0 Å². The molecule has 2 heterocycles. The van der Waals surface area contributed by atoms with Crippen molar-refractivity contribution >= 4 is 11.3 Å². The van der Waals surface area contributed by atoms with Gasteiger partial charge in [-0.3, -0.25) is 0 Å². The summed E-state index contributed by atoms with van der Waals surface area (Å²) in [4.78, 5) is 0. The predicted octanol–water partition coefficient (Wildman–Crippen LogP) is 2.73. The first kappa shape index (κ1) is 8.53. The molecule has 3 heteroatoms. The van der Waals surface area contributed by atoms with E-state index in [2.05, 4.69) is 0 Å². The van der Waals surface area contributed by atoms with E-state index in [9.17, 15) is 5.11 Å². The molecule has 0 bridgehead atoms. The maximum absolute atomic E-state index is 9.86. The Kier molecular flexibility index (Phi) is 2.20. The van der Waals surface area contributed by atoms with E-state index in [1.807, 2.05) is 17.7 Å². The highest BCUT2D eigenvalue weighted by Gasteiger charge is 2.15. The Morgan fingerprint density at radius 1 is 1.46 bits per heavy atom. The molecule has 1 N–H and O–H groups in total. The predicted molar refractivity (Wildman–Crippen MR) is 51.8 cm³/mol. The molecule has 0 radical (unpaired) electrons. The van der Waals surface area contributed by atoms with E-state index in [0.29, 0.717) is 5.76 Å². The molecule has 0 aliphatic heterocycles. The molecule has 0 fully saturated rings. The lowest BCUT2D eigenvalue weighted by Gasteiger charge is -2.06. The van der Waals surface area contributed by atoms with Crippen LogP contribution in [0.2, 0.25) is 0 Å². The van der Waals surface area contributed by atoms with Crippen molar-refractivity contribution in [2.24, 2.45) is 0 Å². The molecule has 2 aromatic heterocycles. The second kappa shape index (κ2) is 3.36. The molecule has 0 aliphatic carbocycles. The Hall–Kier alpha value is -1.06. The van der Waals surface area contributed by atoms with Gasteiger partial charge in [-0.05, 0) is 35.4 Å². The summed E-state index contributed by atoms with van der Waals surface area (Å²) in [6, 6.07) is 3.56. The minimum atomic E-state index is -0.624. The van der Waals surface area contributed by atoms with Gasteiger partial charge in [0, 0.05) is 5.56 Å². The van der Waals surface area contributed by atoms with Crippen LogP contribution in [0.5, 0.6) is 0 Å². The molecule has 0 amide bonds. The largest absolute Gasteiger partial charge is 0.466 e. The summed E-state index contributed by atoms with van der Waals surface area (Å²) in [7, 11) is 0. The number of hydrogen-bond donors (Lipinski definition) is 1. The maximum atomic E-state index is 9.86. The topological polar surface area (TPSA) is 33.4 Å². The summed E-state index contributed by atoms with van der Waals surface area (Å²) in [5, 5.41) is 13.8. The van der Waals surface area contributed by atoms with Gasteiger partial charge in [-0.2, -0.15) is 11.3 Å². The Bertz CT molecular complexity index is 375. The molecule has 1 unspecified atom stereocenters. The van der Waals surface area contributed by atoms with E-state index in [4.69, 9.17) is 4.42 Å². The second-order valence-corrected chi connectivity index (χ2v) is 3.67. The summed E-state index contributed by atoms with van der Waals surface area (Å²) in [6.07, 6.45) is 0.946. The molecule has 0 aromatic carbocycles. The van der Waals surface area contributed by atoms with Crippen molar-refractivity contribution < 1.29 is 9.52 Å². The van der Waals surface area contributed by atoms with Crippen molar-refractivity contribution in [2.75, 3.05) is 0 Å². The Labute approximate surface area is 80.4 Å². The van der Waals surface area contributed by atoms with Gasteiger partial charge in [0.1, 0.15) is 11.9 Å². The lowest BCUT2D eigenvalue weighted by molar-refractivity contribution is 0.189. The third kappa shape index (κ3) is 1.53. The number of rotatable bonds is 2. The van der Waals surface area contributed by atoms with E-state index in [-0.39, 0.29) is 0 Å². The molecule has 68 valence electrons. The number of aliphatic hydroxyl groups excluding tert-OH is 1. The van der Waals surface area contributed by atoms with Crippen molar-refractivity contribution in [1.82, 2.24) is 0 Å². The molecule has 0 saturated heterocycles. The number of hydrogen-bond acceptors (Lipinski definition) is 3. The highest BCUT2D eigenvalue weighted by molar-refractivity contribution is 7.08. The van der Waals surface area contributed by atoms with Gasteiger partial charge in [0.15, 0.2) is 0 Å². The van der Waals surface area contributed by atoms with Crippen molar-refractivity contribution in [3.63, 3.8) is 0 Å². The first-order chi connectivity index (χ1) is 6.29. The van der Waals surface area contributed by atoms with Crippen molar-refractivity contribution in [3.05, 3.63) is 46.0 Å². The molecular weight excluding hydrogens is 184 g/mol. The summed E-state index contributed by atoms with van der Waals surface area (Å²) in [6.45, 7) is 1.98. The minimum absolute atomic E-state index is 0.599. The zero-order valence-corrected chi connectivity index (χ0v) is 8.04. The number of aryl methyl sites for hydroxylation is 1. The van der Waals surface area contributed by atoms with Crippen LogP contribution < -0.4 is 0 Å². The van der Waals surface area contributed by atoms with Gasteiger partial charge in [-0.25, -0.2) is 0 Å². The zero-order valence-electron chi connectivity index (χ0n) is 7.23. The van der Waals surface area contributed by atoms with Gasteiger partial charge in [-0.15, -0.1) is 0 Å². The number of thiophene rings is 1. The number of aliphatic hydroxyl groups is 1. The van der Waals surface area contributed by atoms with Gasteiger partial charge in [-0.1, -0.05) is 0 Å². The average Bonchev–Trinajstić information content (AvgIpc) is 2.72. The van der Waals surface area contributed by atoms with Crippen LogP contribution in [-0.4, -0.2) is 5.11 Å². The van der Waals surface area contributed by atoms with Crippen LogP contribution in [-0.2, 0) is 0 Å². The van der Waals surface area contributed by atoms with Gasteiger partial charge in [0.05, 0.1) is 6.26 Å². The third-order valence-corrected chi connectivity index (χ3v) is 2.88. The highest BCUT2D eigenvalue weighted by Crippen LogP contribution is 2.27. The number of furan rings is 1. The summed E-state index contributed by atoms with van der Waals surface area (Å²) >= 11 is 1.59. The first-order valence-corrected chi connectivity index (χ1v) is 4.97. The molecule has 1 atom stereocenters. The average molecular weight is 194 g/mol. The molecule has 0 saturated carbocycles. The molecule has 2 aromatic rings. The minimum Gasteiger partial charge on any atom is -0.466 e. The molecule has 13 heavy (non-hydrogen) atoms. The van der Waals surface area contributed by atoms with Crippen LogP contribution in [0, 0.1) is 6.92 Å². The fraction of sp³-hybridized carbons (Fsp3) is 0.200. The van der Waals surface area contributed by atoms with Gasteiger partial charge in [0.2, 0.25) is 0 Å². The van der Waals surface area contributed by atoms with Crippen molar-refractivity contribution in [3.8, 4) is 0 Å². The van der Waals surface area contributed by atoms with Gasteiger partial charge >= 0.3 is 0 Å². The highest BCUT2D eigenvalue weighted by atomic mass is 32.1. The first-order valence-electron chi connectivity index (χ1n) is 4.03. The Balaban J connectivity index is 2.33. The van der Waals surface area contributed by atoms with E-state index in [0.717, 1.165) is 11.1 Å². The fourth-order valence-corrected chi connectivity index (χ4v) is 2.12. The molecular formula is C10H10O2S. The quantitative estimate of drug-likeness (QED) is 0.797. The third-order valence-electron chi connectivity index (χ3n) is 2.00. The van der Waals surface area contributed by atoms with Crippen LogP contribution in [0.25, 0.3) is 0 Å².